The normalized spacial score (nSPS) is 13.3. The number of para-hydroxylation sites is 2. The van der Waals surface area contributed by atoms with Gasteiger partial charge in [0.1, 0.15) is 0 Å². The van der Waals surface area contributed by atoms with Crippen LogP contribution in [-0.4, -0.2) is 49.8 Å². The zero-order valence-electron chi connectivity index (χ0n) is 34.0. The van der Waals surface area contributed by atoms with Crippen molar-refractivity contribution in [3.63, 3.8) is 0 Å². The standard InChI is InChI=1S/C52H32N4O8/c1-63-51(61)39-25-29(53-27-9-5-3-6-10-27)13-23-41(39)55-47(57)35-19-15-31-33-17-21-37-46-38(22-18-34(44(33)46)32-16-20-36(48(55)58)45(35)43(31)32)50(60)56(49(37)59)42-24-14-30(26-40(42)52(62)64-2)54-28-11-7-4-8-12-28/h3-26,53-54H,1-2H3. The van der Waals surface area contributed by atoms with E-state index in [2.05, 4.69) is 10.6 Å². The van der Waals surface area contributed by atoms with E-state index in [0.717, 1.165) is 21.2 Å². The van der Waals surface area contributed by atoms with Crippen LogP contribution in [-0.2, 0) is 9.47 Å². The van der Waals surface area contributed by atoms with E-state index in [1.54, 1.807) is 60.7 Å². The van der Waals surface area contributed by atoms with Gasteiger partial charge >= 0.3 is 11.9 Å². The van der Waals surface area contributed by atoms with Gasteiger partial charge in [-0.05, 0) is 117 Å². The van der Waals surface area contributed by atoms with Crippen molar-refractivity contribution >= 4 is 113 Å². The highest BCUT2D eigenvalue weighted by molar-refractivity contribution is 6.45. The number of amides is 4. The van der Waals surface area contributed by atoms with Gasteiger partial charge in [0.2, 0.25) is 0 Å². The Morgan fingerprint density at radius 2 is 0.719 bits per heavy atom. The van der Waals surface area contributed by atoms with E-state index in [1.807, 2.05) is 84.9 Å². The van der Waals surface area contributed by atoms with E-state index in [1.165, 1.54) is 14.2 Å². The fourth-order valence-corrected chi connectivity index (χ4v) is 9.25. The molecule has 0 radical (unpaired) electrons. The molecule has 2 N–H and O–H groups in total. The lowest BCUT2D eigenvalue weighted by atomic mass is 9.82. The molecule has 4 amide bonds. The van der Waals surface area contributed by atoms with Crippen LogP contribution in [0.15, 0.2) is 146 Å². The lowest BCUT2D eigenvalue weighted by Crippen LogP contribution is -2.41. The molecule has 0 atom stereocenters. The molecule has 0 aromatic heterocycles. The molecule has 0 bridgehead atoms. The maximum Gasteiger partial charge on any atom is 0.340 e. The molecule has 308 valence electrons. The lowest BCUT2D eigenvalue weighted by Gasteiger charge is -2.31. The summed E-state index contributed by atoms with van der Waals surface area (Å²) in [7, 11) is 2.47. The summed E-state index contributed by atoms with van der Waals surface area (Å²) in [5.41, 5.74) is 3.91. The number of hydrogen-bond donors (Lipinski definition) is 2. The van der Waals surface area contributed by atoms with Crippen molar-refractivity contribution in [1.29, 1.82) is 0 Å². The van der Waals surface area contributed by atoms with Gasteiger partial charge < -0.3 is 20.1 Å². The fourth-order valence-electron chi connectivity index (χ4n) is 9.25. The van der Waals surface area contributed by atoms with Crippen LogP contribution >= 0.6 is 0 Å². The third kappa shape index (κ3) is 5.55. The molecule has 0 aliphatic carbocycles. The summed E-state index contributed by atoms with van der Waals surface area (Å²) in [6, 6.07) is 42.2. The van der Waals surface area contributed by atoms with Crippen LogP contribution in [0.4, 0.5) is 34.1 Å². The molecule has 12 heteroatoms. The number of esters is 2. The average molecular weight is 841 g/mol. The molecule has 2 heterocycles. The number of carbonyl (C=O) groups is 6. The molecule has 11 rings (SSSR count). The average Bonchev–Trinajstić information content (AvgIpc) is 3.32. The Kier molecular flexibility index (Phi) is 8.53. The Hall–Kier alpha value is -8.90. The molecule has 0 saturated heterocycles. The third-order valence-corrected chi connectivity index (χ3v) is 12.0. The van der Waals surface area contributed by atoms with Crippen molar-refractivity contribution in [1.82, 2.24) is 0 Å². The maximum atomic E-state index is 14.6. The number of benzene rings is 9. The van der Waals surface area contributed by atoms with Crippen LogP contribution in [0, 0.1) is 0 Å². The molecule has 0 saturated carbocycles. The number of fused-ring (bicyclic) bond motifs is 2. The Morgan fingerprint density at radius 3 is 1.03 bits per heavy atom. The minimum absolute atomic E-state index is 0.0223. The SMILES string of the molecule is COC(=O)c1cc(Nc2ccccc2)ccc1N1C(=O)c2ccc3c4ccc5c6c(ccc(c7ccc(c2c37)C1=O)c64)C(=O)N(c1ccc(Nc2ccccc2)cc1C(=O)OC)C5=O. The molecular weight excluding hydrogens is 809 g/mol. The number of hydrogen-bond acceptors (Lipinski definition) is 10. The number of anilines is 6. The molecule has 12 nitrogen and oxygen atoms in total. The van der Waals surface area contributed by atoms with Crippen LogP contribution in [0.5, 0.6) is 0 Å². The van der Waals surface area contributed by atoms with Gasteiger partial charge in [0.05, 0.1) is 36.7 Å². The van der Waals surface area contributed by atoms with E-state index in [9.17, 15) is 28.8 Å². The summed E-state index contributed by atoms with van der Waals surface area (Å²) in [5.74, 6) is -3.90. The van der Waals surface area contributed by atoms with Gasteiger partial charge in [0.25, 0.3) is 23.6 Å². The largest absolute Gasteiger partial charge is 0.465 e. The first-order valence-corrected chi connectivity index (χ1v) is 20.2. The molecule has 2 aliphatic rings. The van der Waals surface area contributed by atoms with Crippen molar-refractivity contribution in [3.05, 3.63) is 179 Å². The van der Waals surface area contributed by atoms with Crippen LogP contribution < -0.4 is 20.4 Å². The van der Waals surface area contributed by atoms with E-state index in [-0.39, 0.29) is 44.8 Å². The number of methoxy groups -OCH3 is 2. The summed E-state index contributed by atoms with van der Waals surface area (Å²) in [5, 5.41) is 11.6. The monoisotopic (exact) mass is 840 g/mol. The topological polar surface area (TPSA) is 151 Å². The van der Waals surface area contributed by atoms with Gasteiger partial charge in [0, 0.05) is 55.8 Å². The summed E-state index contributed by atoms with van der Waals surface area (Å²) in [4.78, 5) is 86.8. The van der Waals surface area contributed by atoms with Gasteiger partial charge in [-0.2, -0.15) is 0 Å². The Balaban J connectivity index is 1.02. The molecule has 9 aromatic carbocycles. The Bertz CT molecular complexity index is 3200. The van der Waals surface area contributed by atoms with E-state index >= 15 is 0 Å². The molecule has 0 unspecified atom stereocenters. The molecule has 2 aliphatic heterocycles. The fraction of sp³-hybridized carbons (Fsp3) is 0.0385. The van der Waals surface area contributed by atoms with Crippen molar-refractivity contribution in [3.8, 4) is 0 Å². The number of nitrogens with one attached hydrogen (secondary N) is 2. The van der Waals surface area contributed by atoms with Gasteiger partial charge in [-0.3, -0.25) is 19.2 Å². The first-order valence-electron chi connectivity index (χ1n) is 20.2. The van der Waals surface area contributed by atoms with Crippen LogP contribution in [0.25, 0.3) is 43.1 Å². The van der Waals surface area contributed by atoms with Gasteiger partial charge in [-0.15, -0.1) is 0 Å². The van der Waals surface area contributed by atoms with Gasteiger partial charge in [0.15, 0.2) is 0 Å². The Morgan fingerprint density at radius 1 is 0.391 bits per heavy atom. The first-order chi connectivity index (χ1) is 31.2. The number of rotatable bonds is 8. The smallest absolute Gasteiger partial charge is 0.340 e. The van der Waals surface area contributed by atoms with E-state index in [4.69, 9.17) is 9.47 Å². The zero-order valence-corrected chi connectivity index (χ0v) is 34.0. The minimum atomic E-state index is -0.724. The highest BCUT2D eigenvalue weighted by atomic mass is 16.5. The molecular formula is C52H32N4O8. The summed E-state index contributed by atoms with van der Waals surface area (Å²) in [6.45, 7) is 0. The number of nitrogens with zero attached hydrogens (tertiary/aromatic N) is 2. The summed E-state index contributed by atoms with van der Waals surface area (Å²) < 4.78 is 10.2. The second-order valence-corrected chi connectivity index (χ2v) is 15.5. The van der Waals surface area contributed by atoms with Crippen molar-refractivity contribution < 1.29 is 38.2 Å². The maximum absolute atomic E-state index is 14.6. The number of imide groups is 2. The van der Waals surface area contributed by atoms with E-state index < -0.39 is 35.6 Å². The first kappa shape index (κ1) is 38.1. The molecule has 0 spiro atoms. The van der Waals surface area contributed by atoms with Crippen LogP contribution in [0.1, 0.15) is 62.1 Å². The zero-order chi connectivity index (χ0) is 44.0. The quantitative estimate of drug-likeness (QED) is 0.0655. The second-order valence-electron chi connectivity index (χ2n) is 15.5. The number of ether oxygens (including phenoxy) is 2. The van der Waals surface area contributed by atoms with E-state index in [0.29, 0.717) is 54.5 Å². The van der Waals surface area contributed by atoms with Crippen molar-refractivity contribution in [2.24, 2.45) is 0 Å². The highest BCUT2D eigenvalue weighted by Crippen LogP contribution is 2.47. The Labute approximate surface area is 363 Å². The van der Waals surface area contributed by atoms with Crippen molar-refractivity contribution in [2.75, 3.05) is 34.7 Å². The summed E-state index contributed by atoms with van der Waals surface area (Å²) >= 11 is 0. The number of carbonyl (C=O) groups excluding carboxylic acids is 6. The lowest BCUT2D eigenvalue weighted by molar-refractivity contribution is 0.0592. The van der Waals surface area contributed by atoms with Crippen LogP contribution in [0.3, 0.4) is 0 Å². The van der Waals surface area contributed by atoms with Gasteiger partial charge in [-0.1, -0.05) is 60.7 Å². The minimum Gasteiger partial charge on any atom is -0.465 e. The van der Waals surface area contributed by atoms with Crippen molar-refractivity contribution in [2.45, 2.75) is 0 Å². The highest BCUT2D eigenvalue weighted by Gasteiger charge is 2.40. The second kappa shape index (κ2) is 14.4. The summed E-state index contributed by atoms with van der Waals surface area (Å²) in [6.07, 6.45) is 0. The predicted molar refractivity (Wildman–Crippen MR) is 245 cm³/mol. The van der Waals surface area contributed by atoms with Crippen LogP contribution in [0.2, 0.25) is 0 Å². The third-order valence-electron chi connectivity index (χ3n) is 12.0. The predicted octanol–water partition coefficient (Wildman–Crippen LogP) is 10.4. The molecule has 0 fully saturated rings. The van der Waals surface area contributed by atoms with Gasteiger partial charge in [-0.25, -0.2) is 19.4 Å². The molecule has 64 heavy (non-hydrogen) atoms. The molecule has 9 aromatic rings.